The number of H-pyrrole nitrogens is 1. The highest BCUT2D eigenvalue weighted by atomic mass is 32.1. The van der Waals surface area contributed by atoms with Crippen LogP contribution in [0.2, 0.25) is 0 Å². The van der Waals surface area contributed by atoms with Gasteiger partial charge in [0.15, 0.2) is 0 Å². The van der Waals surface area contributed by atoms with Crippen LogP contribution in [-0.4, -0.2) is 48.4 Å². The Kier molecular flexibility index (Phi) is 4.61. The fourth-order valence-corrected chi connectivity index (χ4v) is 3.85. The van der Waals surface area contributed by atoms with E-state index in [1.807, 2.05) is 17.1 Å². The molecule has 8 nitrogen and oxygen atoms in total. The highest BCUT2D eigenvalue weighted by Crippen LogP contribution is 2.27. The highest BCUT2D eigenvalue weighted by molar-refractivity contribution is 7.07. The summed E-state index contributed by atoms with van der Waals surface area (Å²) in [5.74, 6) is 0.984. The number of likely N-dealkylation sites (tertiary alicyclic amines) is 1. The zero-order chi connectivity index (χ0) is 17.9. The molecule has 1 aliphatic rings. The maximum atomic E-state index is 12.7. The zero-order valence-corrected chi connectivity index (χ0v) is 14.9. The van der Waals surface area contributed by atoms with Crippen LogP contribution in [0.15, 0.2) is 40.5 Å². The summed E-state index contributed by atoms with van der Waals surface area (Å²) in [6.07, 6.45) is 8.15. The highest BCUT2D eigenvalue weighted by Gasteiger charge is 2.28. The quantitative estimate of drug-likeness (QED) is 0.750. The van der Waals surface area contributed by atoms with Crippen LogP contribution in [-0.2, 0) is 6.54 Å². The molecule has 3 aromatic heterocycles. The van der Waals surface area contributed by atoms with Crippen LogP contribution in [0.4, 0.5) is 0 Å². The summed E-state index contributed by atoms with van der Waals surface area (Å²) in [6.45, 7) is 1.96. The van der Waals surface area contributed by atoms with E-state index in [1.54, 1.807) is 22.4 Å². The number of carbonyl (C=O) groups excluding carboxylic acids is 1. The number of piperidine rings is 1. The molecule has 0 bridgehead atoms. The third kappa shape index (κ3) is 3.43. The molecule has 1 N–H and O–H groups in total. The summed E-state index contributed by atoms with van der Waals surface area (Å²) in [4.78, 5) is 40.9. The van der Waals surface area contributed by atoms with Gasteiger partial charge in [0.05, 0.1) is 23.9 Å². The number of rotatable bonds is 4. The van der Waals surface area contributed by atoms with Gasteiger partial charge in [-0.3, -0.25) is 9.59 Å². The van der Waals surface area contributed by atoms with Crippen molar-refractivity contribution < 1.29 is 4.79 Å². The lowest BCUT2D eigenvalue weighted by Crippen LogP contribution is -2.40. The number of nitrogens with one attached hydrogen (secondary N) is 1. The van der Waals surface area contributed by atoms with Gasteiger partial charge in [-0.1, -0.05) is 0 Å². The van der Waals surface area contributed by atoms with Gasteiger partial charge in [-0.25, -0.2) is 15.0 Å². The van der Waals surface area contributed by atoms with Crippen molar-refractivity contribution in [1.82, 2.24) is 29.4 Å². The van der Waals surface area contributed by atoms with E-state index in [0.29, 0.717) is 19.6 Å². The molecule has 0 aliphatic carbocycles. The minimum absolute atomic E-state index is 0.163. The predicted molar refractivity (Wildman–Crippen MR) is 96.2 cm³/mol. The molecule has 4 rings (SSSR count). The van der Waals surface area contributed by atoms with E-state index >= 15 is 0 Å². The molecule has 9 heteroatoms. The first-order valence-corrected chi connectivity index (χ1v) is 9.37. The number of aromatic amines is 1. The molecule has 0 radical (unpaired) electrons. The second-order valence-electron chi connectivity index (χ2n) is 6.28. The van der Waals surface area contributed by atoms with Crippen molar-refractivity contribution in [2.24, 2.45) is 0 Å². The summed E-state index contributed by atoms with van der Waals surface area (Å²) in [6, 6.07) is 0. The van der Waals surface area contributed by atoms with Crippen molar-refractivity contribution in [3.63, 3.8) is 0 Å². The number of hydrogen-bond acceptors (Lipinski definition) is 6. The molecule has 4 heterocycles. The Labute approximate surface area is 153 Å². The summed E-state index contributed by atoms with van der Waals surface area (Å²) < 4.78 is 2.10. The Balaban J connectivity index is 1.50. The van der Waals surface area contributed by atoms with Gasteiger partial charge in [-0.05, 0) is 12.8 Å². The first-order chi connectivity index (χ1) is 12.7. The molecule has 26 heavy (non-hydrogen) atoms. The van der Waals surface area contributed by atoms with Gasteiger partial charge in [0, 0.05) is 43.0 Å². The molecule has 0 spiro atoms. The van der Waals surface area contributed by atoms with Gasteiger partial charge in [0.1, 0.15) is 11.5 Å². The van der Waals surface area contributed by atoms with Crippen molar-refractivity contribution in [1.29, 1.82) is 0 Å². The molecule has 3 aromatic rings. The fraction of sp³-hybridized carbons (Fsp3) is 0.353. The lowest BCUT2D eigenvalue weighted by atomic mass is 9.96. The number of amides is 1. The monoisotopic (exact) mass is 370 g/mol. The Bertz CT molecular complexity index is 928. The van der Waals surface area contributed by atoms with Gasteiger partial charge in [-0.2, -0.15) is 0 Å². The molecule has 0 saturated carbocycles. The molecule has 1 aliphatic heterocycles. The number of thiazole rings is 1. The first-order valence-electron chi connectivity index (χ1n) is 8.43. The second-order valence-corrected chi connectivity index (χ2v) is 7.00. The van der Waals surface area contributed by atoms with E-state index in [4.69, 9.17) is 0 Å². The molecule has 1 saturated heterocycles. The predicted octanol–water partition coefficient (Wildman–Crippen LogP) is 1.49. The van der Waals surface area contributed by atoms with Crippen LogP contribution >= 0.6 is 11.3 Å². The first kappa shape index (κ1) is 16.6. The third-order valence-corrected chi connectivity index (χ3v) is 5.16. The molecule has 0 aromatic carbocycles. The molecular formula is C17H18N6O2S. The standard InChI is InChI=1S/C17H18N6O2S/c24-15-7-19-14(6-20-15)17(25)23-4-1-2-12(8-23)16-18-3-5-22(16)9-13-10-26-11-21-13/h3,5-7,10-12H,1-2,4,8-9H2,(H,20,24). The lowest BCUT2D eigenvalue weighted by molar-refractivity contribution is 0.0697. The van der Waals surface area contributed by atoms with E-state index in [0.717, 1.165) is 30.6 Å². The minimum Gasteiger partial charge on any atom is -0.337 e. The summed E-state index contributed by atoms with van der Waals surface area (Å²) in [5, 5.41) is 2.03. The fourth-order valence-electron chi connectivity index (χ4n) is 3.30. The zero-order valence-electron chi connectivity index (χ0n) is 14.0. The van der Waals surface area contributed by atoms with Crippen LogP contribution in [0.1, 0.15) is 40.8 Å². The smallest absolute Gasteiger partial charge is 0.273 e. The Morgan fingerprint density at radius 2 is 2.27 bits per heavy atom. The molecule has 1 fully saturated rings. The Hall–Kier alpha value is -2.81. The normalized spacial score (nSPS) is 17.4. The van der Waals surface area contributed by atoms with Crippen LogP contribution in [0.3, 0.4) is 0 Å². The van der Waals surface area contributed by atoms with Crippen LogP contribution in [0, 0.1) is 0 Å². The summed E-state index contributed by atoms with van der Waals surface area (Å²) >= 11 is 1.58. The van der Waals surface area contributed by atoms with Crippen LogP contribution in [0.5, 0.6) is 0 Å². The van der Waals surface area contributed by atoms with Gasteiger partial charge >= 0.3 is 0 Å². The number of hydrogen-bond donors (Lipinski definition) is 1. The Morgan fingerprint density at radius 1 is 1.35 bits per heavy atom. The van der Waals surface area contributed by atoms with E-state index in [-0.39, 0.29) is 23.1 Å². The van der Waals surface area contributed by atoms with Crippen LogP contribution in [0.25, 0.3) is 0 Å². The minimum atomic E-state index is -0.317. The molecular weight excluding hydrogens is 352 g/mol. The SMILES string of the molecule is O=C(c1c[nH]c(=O)cn1)N1CCCC(c2nccn2Cc2cscn2)C1. The summed E-state index contributed by atoms with van der Waals surface area (Å²) in [5.41, 5.74) is 2.78. The van der Waals surface area contributed by atoms with E-state index in [9.17, 15) is 9.59 Å². The van der Waals surface area contributed by atoms with Gasteiger partial charge in [0.2, 0.25) is 0 Å². The maximum Gasteiger partial charge on any atom is 0.273 e. The Morgan fingerprint density at radius 3 is 3.04 bits per heavy atom. The largest absolute Gasteiger partial charge is 0.337 e. The summed E-state index contributed by atoms with van der Waals surface area (Å²) in [7, 11) is 0. The number of aromatic nitrogens is 5. The van der Waals surface area contributed by atoms with Crippen molar-refractivity contribution in [3.8, 4) is 0 Å². The number of imidazole rings is 1. The van der Waals surface area contributed by atoms with Gasteiger partial charge in [-0.15, -0.1) is 11.3 Å². The average molecular weight is 370 g/mol. The second kappa shape index (κ2) is 7.20. The van der Waals surface area contributed by atoms with Crippen molar-refractivity contribution in [3.05, 3.63) is 63.2 Å². The third-order valence-electron chi connectivity index (χ3n) is 4.53. The lowest BCUT2D eigenvalue weighted by Gasteiger charge is -2.32. The molecule has 134 valence electrons. The van der Waals surface area contributed by atoms with Crippen molar-refractivity contribution >= 4 is 17.2 Å². The van der Waals surface area contributed by atoms with Gasteiger partial charge in [0.25, 0.3) is 11.5 Å². The topological polar surface area (TPSA) is 96.8 Å². The van der Waals surface area contributed by atoms with Crippen molar-refractivity contribution in [2.75, 3.05) is 13.1 Å². The van der Waals surface area contributed by atoms with E-state index < -0.39 is 0 Å². The van der Waals surface area contributed by atoms with Gasteiger partial charge < -0.3 is 14.5 Å². The maximum absolute atomic E-state index is 12.7. The molecule has 1 unspecified atom stereocenters. The van der Waals surface area contributed by atoms with Crippen LogP contribution < -0.4 is 5.56 Å². The van der Waals surface area contributed by atoms with E-state index in [2.05, 4.69) is 24.5 Å². The number of nitrogens with zero attached hydrogens (tertiary/aromatic N) is 5. The average Bonchev–Trinajstić information content (AvgIpc) is 3.34. The van der Waals surface area contributed by atoms with Crippen molar-refractivity contribution in [2.45, 2.75) is 25.3 Å². The molecule has 1 atom stereocenters. The number of carbonyl (C=O) groups is 1. The molecule has 1 amide bonds. The van der Waals surface area contributed by atoms with E-state index in [1.165, 1.54) is 6.20 Å².